The molecule has 0 aliphatic heterocycles. The summed E-state index contributed by atoms with van der Waals surface area (Å²) in [5.41, 5.74) is 5.77. The molecule has 57 heavy (non-hydrogen) atoms. The third kappa shape index (κ3) is 10.7. The summed E-state index contributed by atoms with van der Waals surface area (Å²) in [4.78, 5) is 0. The molecule has 2 aliphatic carbocycles. The smallest absolute Gasteiger partial charge is 0.0622 e. The summed E-state index contributed by atoms with van der Waals surface area (Å²) in [6.45, 7) is 9.34. The van der Waals surface area contributed by atoms with Crippen LogP contribution in [-0.2, 0) is 17.1 Å². The Morgan fingerprint density at radius 1 is 0.316 bits per heavy atom. The summed E-state index contributed by atoms with van der Waals surface area (Å²) in [6.07, 6.45) is 13.9. The molecular formula is C54H52FeP2+2. The van der Waals surface area contributed by atoms with Gasteiger partial charge >= 0.3 is 17.1 Å². The summed E-state index contributed by atoms with van der Waals surface area (Å²) in [5, 5.41) is 5.64. The van der Waals surface area contributed by atoms with Gasteiger partial charge in [-0.15, -0.1) is 0 Å². The summed E-state index contributed by atoms with van der Waals surface area (Å²) in [7, 11) is -1.15. The first kappa shape index (κ1) is 43.3. The fraction of sp³-hybridized carbons (Fsp3) is 0.148. The van der Waals surface area contributed by atoms with Crippen LogP contribution in [-0.4, -0.2) is 0 Å². The zero-order valence-electron chi connectivity index (χ0n) is 33.3. The molecule has 0 bridgehead atoms. The second-order valence-corrected chi connectivity index (χ2v) is 19.4. The number of benzene rings is 6. The molecule has 8 rings (SSSR count). The fourth-order valence-electron chi connectivity index (χ4n) is 8.11. The molecule has 10 radical (unpaired) electrons. The van der Waals surface area contributed by atoms with Crippen LogP contribution in [0.4, 0.5) is 0 Å². The number of rotatable bonds is 12. The van der Waals surface area contributed by atoms with Crippen LogP contribution >= 0.6 is 15.8 Å². The van der Waals surface area contributed by atoms with Crippen molar-refractivity contribution in [1.82, 2.24) is 0 Å². The van der Waals surface area contributed by atoms with Gasteiger partial charge in [0.1, 0.15) is 0 Å². The van der Waals surface area contributed by atoms with Gasteiger partial charge in [0.25, 0.3) is 0 Å². The van der Waals surface area contributed by atoms with Gasteiger partial charge in [-0.1, -0.05) is 210 Å². The van der Waals surface area contributed by atoms with Crippen molar-refractivity contribution < 1.29 is 17.1 Å². The van der Waals surface area contributed by atoms with Crippen molar-refractivity contribution in [1.29, 1.82) is 0 Å². The van der Waals surface area contributed by atoms with Gasteiger partial charge in [0.05, 0.1) is 0 Å². The molecule has 2 fully saturated rings. The van der Waals surface area contributed by atoms with E-state index in [-0.39, 0.29) is 17.1 Å². The van der Waals surface area contributed by atoms with Crippen molar-refractivity contribution in [2.45, 2.75) is 39.5 Å². The first-order valence-corrected chi connectivity index (χ1v) is 22.6. The number of hydrogen-bond donors (Lipinski definition) is 0. The average Bonchev–Trinajstić information content (AvgIpc) is 3.91. The molecule has 0 aromatic heterocycles. The molecule has 0 unspecified atom stereocenters. The van der Waals surface area contributed by atoms with E-state index >= 15 is 0 Å². The average molecular weight is 819 g/mol. The van der Waals surface area contributed by atoms with Gasteiger partial charge in [0.2, 0.25) is 0 Å². The first-order valence-electron chi connectivity index (χ1n) is 19.9. The fourth-order valence-corrected chi connectivity index (χ4v) is 13.1. The zero-order chi connectivity index (χ0) is 38.7. The predicted octanol–water partition coefficient (Wildman–Crippen LogP) is 12.6. The van der Waals surface area contributed by atoms with Crippen LogP contribution in [0.25, 0.3) is 0 Å². The van der Waals surface area contributed by atoms with E-state index < -0.39 is 15.8 Å². The van der Waals surface area contributed by atoms with Crippen LogP contribution in [0.2, 0.25) is 0 Å². The quantitative estimate of drug-likeness (QED) is 0.0852. The van der Waals surface area contributed by atoms with Gasteiger partial charge in [0, 0.05) is 11.3 Å². The minimum atomic E-state index is -0.577. The van der Waals surface area contributed by atoms with E-state index in [4.69, 9.17) is 0 Å². The Hall–Kier alpha value is -3.30. The van der Waals surface area contributed by atoms with E-state index in [2.05, 4.69) is 248 Å². The summed E-state index contributed by atoms with van der Waals surface area (Å²) in [6, 6.07) is 65.9. The molecule has 2 aliphatic rings. The Morgan fingerprint density at radius 3 is 0.807 bits per heavy atom. The topological polar surface area (TPSA) is 0 Å². The molecule has 284 valence electrons. The van der Waals surface area contributed by atoms with E-state index in [9.17, 15) is 0 Å². The molecule has 6 aromatic rings. The van der Waals surface area contributed by atoms with Crippen molar-refractivity contribution in [3.05, 3.63) is 255 Å². The van der Waals surface area contributed by atoms with E-state index in [0.717, 1.165) is 0 Å². The van der Waals surface area contributed by atoms with Gasteiger partial charge < -0.3 is 0 Å². The standard InChI is InChI=1S/2C27H26P.Fe/c2*1-21(2)27(22-13-6-3-7-14-22)25-19-12-20-26(25)28(23-15-8-4-9-16-23)24-17-10-5-11-18-24;/h2*3-21,27H,1-2H3;/q;;+2/t2*27-;/m00./s1. The summed E-state index contributed by atoms with van der Waals surface area (Å²) in [5.74, 6) is 4.83. The third-order valence-corrected chi connectivity index (χ3v) is 15.5. The maximum absolute atomic E-state index is 2.35. The van der Waals surface area contributed by atoms with Crippen LogP contribution < -0.4 is 21.2 Å². The van der Waals surface area contributed by atoms with Crippen LogP contribution in [0.1, 0.15) is 50.7 Å². The van der Waals surface area contributed by atoms with E-state index in [1.807, 2.05) is 0 Å². The van der Waals surface area contributed by atoms with Crippen molar-refractivity contribution >= 4 is 37.1 Å². The second kappa shape index (κ2) is 21.6. The maximum Gasteiger partial charge on any atom is 2.00 e. The summed E-state index contributed by atoms with van der Waals surface area (Å²) < 4.78 is 0. The van der Waals surface area contributed by atoms with Crippen LogP contribution in [0, 0.1) is 73.5 Å². The van der Waals surface area contributed by atoms with Crippen molar-refractivity contribution in [3.8, 4) is 0 Å². The zero-order valence-corrected chi connectivity index (χ0v) is 36.2. The van der Waals surface area contributed by atoms with Crippen molar-refractivity contribution in [3.63, 3.8) is 0 Å². The van der Waals surface area contributed by atoms with Gasteiger partial charge in [-0.3, -0.25) is 0 Å². The SMILES string of the molecule is CC(C)[C@H]([C]1[CH][CH][CH][C]1P(c1ccccc1)c1ccccc1)c1ccccc1.CC(C)[C@H]([C]1[CH][CH][CH][C]1P(c1ccccc1)c1ccccc1)c1ccccc1.[Fe+2]. The van der Waals surface area contributed by atoms with Crippen LogP contribution in [0.5, 0.6) is 0 Å². The van der Waals surface area contributed by atoms with Gasteiger partial charge in [0.15, 0.2) is 0 Å². The Bertz CT molecular complexity index is 1760. The molecule has 3 heteroatoms. The molecule has 0 nitrogen and oxygen atoms in total. The summed E-state index contributed by atoms with van der Waals surface area (Å²) >= 11 is 0. The Morgan fingerprint density at radius 2 is 0.561 bits per heavy atom. The van der Waals surface area contributed by atoms with Crippen molar-refractivity contribution in [2.24, 2.45) is 11.8 Å². The van der Waals surface area contributed by atoms with E-state index in [1.165, 1.54) is 55.5 Å². The molecule has 0 heterocycles. The molecule has 0 N–H and O–H groups in total. The molecule has 6 aromatic carbocycles. The van der Waals surface area contributed by atoms with Gasteiger partial charge in [-0.2, -0.15) is 0 Å². The Labute approximate surface area is 358 Å². The second-order valence-electron chi connectivity index (χ2n) is 15.0. The maximum atomic E-state index is 2.35. The minimum Gasteiger partial charge on any atom is -0.0622 e. The predicted molar refractivity (Wildman–Crippen MR) is 245 cm³/mol. The van der Waals surface area contributed by atoms with Crippen molar-refractivity contribution in [2.75, 3.05) is 0 Å². The minimum absolute atomic E-state index is 0. The van der Waals surface area contributed by atoms with E-state index in [0.29, 0.717) is 23.7 Å². The third-order valence-electron chi connectivity index (χ3n) is 10.5. The van der Waals surface area contributed by atoms with Crippen LogP contribution in [0.15, 0.2) is 182 Å². The largest absolute Gasteiger partial charge is 2.00 e. The molecule has 2 atom stereocenters. The Balaban J connectivity index is 0.000000189. The van der Waals surface area contributed by atoms with Crippen LogP contribution in [0.3, 0.4) is 0 Å². The molecule has 0 spiro atoms. The van der Waals surface area contributed by atoms with Gasteiger partial charge in [-0.25, -0.2) is 0 Å². The first-order chi connectivity index (χ1) is 27.5. The Kier molecular flexibility index (Phi) is 16.4. The molecule has 0 saturated heterocycles. The number of hydrogen-bond acceptors (Lipinski definition) is 0. The molecular weight excluding hydrogens is 766 g/mol. The normalized spacial score (nSPS) is 16.4. The molecule has 2 saturated carbocycles. The molecule has 0 amide bonds. The monoisotopic (exact) mass is 818 g/mol. The van der Waals surface area contributed by atoms with Gasteiger partial charge in [-0.05, 0) is 122 Å². The van der Waals surface area contributed by atoms with E-state index in [1.54, 1.807) is 0 Å².